The van der Waals surface area contributed by atoms with Gasteiger partial charge in [-0.2, -0.15) is 0 Å². The van der Waals surface area contributed by atoms with E-state index in [1.165, 1.54) is 0 Å². The number of thiophene rings is 1. The SMILES string of the molecule is CC(=O)NC[C@H]1[C@H]2C[C@H](CN(c3ncnc4ccsc34)C2)[C@@H]2CCCC(=O)N21. The van der Waals surface area contributed by atoms with Gasteiger partial charge < -0.3 is 15.1 Å². The first-order valence-electron chi connectivity index (χ1n) is 10.1. The molecule has 5 rings (SSSR count). The van der Waals surface area contributed by atoms with Crippen molar-refractivity contribution in [2.45, 2.75) is 44.7 Å². The Bertz CT molecular complexity index is 915. The highest BCUT2D eigenvalue weighted by Gasteiger charge is 2.49. The van der Waals surface area contributed by atoms with Crippen LogP contribution in [-0.2, 0) is 9.59 Å². The molecule has 0 aromatic carbocycles. The molecule has 2 amide bonds. The number of hydrogen-bond acceptors (Lipinski definition) is 6. The highest BCUT2D eigenvalue weighted by molar-refractivity contribution is 7.17. The van der Waals surface area contributed by atoms with Crippen LogP contribution in [0.3, 0.4) is 0 Å². The van der Waals surface area contributed by atoms with Crippen LogP contribution >= 0.6 is 11.3 Å². The fourth-order valence-electron chi connectivity index (χ4n) is 5.46. The average Bonchev–Trinajstić information content (AvgIpc) is 3.17. The molecule has 3 aliphatic rings. The molecule has 2 bridgehead atoms. The maximum Gasteiger partial charge on any atom is 0.223 e. The van der Waals surface area contributed by atoms with Gasteiger partial charge in [0.2, 0.25) is 11.8 Å². The Labute approximate surface area is 168 Å². The minimum absolute atomic E-state index is 0.0353. The Morgan fingerprint density at radius 3 is 3.04 bits per heavy atom. The molecular weight excluding hydrogens is 374 g/mol. The number of nitrogens with one attached hydrogen (secondary N) is 1. The second kappa shape index (κ2) is 6.99. The number of fused-ring (bicyclic) bond motifs is 5. The van der Waals surface area contributed by atoms with Crippen LogP contribution in [-0.4, -0.2) is 58.4 Å². The summed E-state index contributed by atoms with van der Waals surface area (Å²) in [5, 5.41) is 5.04. The summed E-state index contributed by atoms with van der Waals surface area (Å²) in [4.78, 5) is 37.9. The number of carbonyl (C=O) groups is 2. The third-order valence-electron chi connectivity index (χ3n) is 6.58. The summed E-state index contributed by atoms with van der Waals surface area (Å²) >= 11 is 1.69. The fraction of sp³-hybridized carbons (Fsp3) is 0.600. The van der Waals surface area contributed by atoms with Gasteiger partial charge in [-0.15, -0.1) is 11.3 Å². The van der Waals surface area contributed by atoms with Crippen molar-refractivity contribution in [2.24, 2.45) is 11.8 Å². The van der Waals surface area contributed by atoms with Gasteiger partial charge in [0.25, 0.3) is 0 Å². The van der Waals surface area contributed by atoms with Crippen LogP contribution in [0.1, 0.15) is 32.6 Å². The van der Waals surface area contributed by atoms with Gasteiger partial charge in [0.15, 0.2) is 0 Å². The van der Waals surface area contributed by atoms with Crippen molar-refractivity contribution in [3.05, 3.63) is 17.8 Å². The molecule has 148 valence electrons. The van der Waals surface area contributed by atoms with Crippen LogP contribution in [0.25, 0.3) is 10.2 Å². The highest BCUT2D eigenvalue weighted by Crippen LogP contribution is 2.43. The van der Waals surface area contributed by atoms with Gasteiger partial charge in [-0.3, -0.25) is 9.59 Å². The van der Waals surface area contributed by atoms with E-state index in [9.17, 15) is 9.59 Å². The first kappa shape index (κ1) is 17.8. The molecule has 0 saturated carbocycles. The predicted octanol–water partition coefficient (Wildman–Crippen LogP) is 2.03. The van der Waals surface area contributed by atoms with Crippen molar-refractivity contribution in [1.29, 1.82) is 0 Å². The third kappa shape index (κ3) is 2.94. The second-order valence-corrected chi connectivity index (χ2v) is 9.17. The van der Waals surface area contributed by atoms with E-state index in [1.54, 1.807) is 24.6 Å². The molecule has 2 aromatic heterocycles. The number of anilines is 1. The molecule has 7 nitrogen and oxygen atoms in total. The van der Waals surface area contributed by atoms with Gasteiger partial charge in [0.1, 0.15) is 12.1 Å². The maximum atomic E-state index is 12.8. The Kier molecular flexibility index (Phi) is 4.45. The molecule has 4 atom stereocenters. The summed E-state index contributed by atoms with van der Waals surface area (Å²) in [5.74, 6) is 2.04. The number of amides is 2. The van der Waals surface area contributed by atoms with Crippen molar-refractivity contribution in [3.8, 4) is 0 Å². The molecule has 3 aliphatic heterocycles. The van der Waals surface area contributed by atoms with Crippen molar-refractivity contribution in [2.75, 3.05) is 24.5 Å². The van der Waals surface area contributed by atoms with Crippen molar-refractivity contribution < 1.29 is 9.59 Å². The first-order valence-corrected chi connectivity index (χ1v) is 11.0. The van der Waals surface area contributed by atoms with Crippen molar-refractivity contribution in [1.82, 2.24) is 20.2 Å². The molecule has 2 aromatic rings. The Balaban J connectivity index is 1.48. The van der Waals surface area contributed by atoms with Crippen LogP contribution in [0.15, 0.2) is 17.8 Å². The predicted molar refractivity (Wildman–Crippen MR) is 108 cm³/mol. The summed E-state index contributed by atoms with van der Waals surface area (Å²) in [7, 11) is 0. The molecule has 1 N–H and O–H groups in total. The number of carbonyl (C=O) groups excluding carboxylic acids is 2. The van der Waals surface area contributed by atoms with Crippen molar-refractivity contribution >= 4 is 39.2 Å². The lowest BCUT2D eigenvalue weighted by atomic mass is 9.72. The van der Waals surface area contributed by atoms with E-state index in [0.29, 0.717) is 24.8 Å². The Morgan fingerprint density at radius 2 is 2.18 bits per heavy atom. The number of nitrogens with zero attached hydrogens (tertiary/aromatic N) is 4. The quantitative estimate of drug-likeness (QED) is 0.855. The highest BCUT2D eigenvalue weighted by atomic mass is 32.1. The summed E-state index contributed by atoms with van der Waals surface area (Å²) in [6, 6.07) is 2.39. The van der Waals surface area contributed by atoms with Gasteiger partial charge in [-0.1, -0.05) is 0 Å². The lowest BCUT2D eigenvalue weighted by molar-refractivity contribution is -0.149. The molecule has 28 heavy (non-hydrogen) atoms. The molecular formula is C20H25N5O2S. The van der Waals surface area contributed by atoms with Crippen LogP contribution in [0, 0.1) is 11.8 Å². The topological polar surface area (TPSA) is 78.4 Å². The minimum Gasteiger partial charge on any atom is -0.355 e. The number of hydrogen-bond donors (Lipinski definition) is 1. The number of rotatable bonds is 3. The third-order valence-corrected chi connectivity index (χ3v) is 7.48. The number of piperidine rings is 3. The van der Waals surface area contributed by atoms with Crippen LogP contribution in [0.2, 0.25) is 0 Å². The van der Waals surface area contributed by atoms with E-state index < -0.39 is 0 Å². The molecule has 3 saturated heterocycles. The van der Waals surface area contributed by atoms with E-state index in [0.717, 1.165) is 48.4 Å². The van der Waals surface area contributed by atoms with Gasteiger partial charge in [-0.05, 0) is 42.5 Å². The zero-order valence-electron chi connectivity index (χ0n) is 16.0. The van der Waals surface area contributed by atoms with E-state index in [1.807, 2.05) is 6.07 Å². The molecule has 5 heterocycles. The van der Waals surface area contributed by atoms with Gasteiger partial charge in [-0.25, -0.2) is 9.97 Å². The van der Waals surface area contributed by atoms with Crippen LogP contribution < -0.4 is 10.2 Å². The average molecular weight is 400 g/mol. The van der Waals surface area contributed by atoms with Gasteiger partial charge in [0.05, 0.1) is 16.3 Å². The summed E-state index contributed by atoms with van der Waals surface area (Å²) in [6.07, 6.45) is 5.44. The van der Waals surface area contributed by atoms with E-state index in [2.05, 4.69) is 30.5 Å². The molecule has 0 spiro atoms. The van der Waals surface area contributed by atoms with E-state index in [4.69, 9.17) is 0 Å². The minimum atomic E-state index is -0.0353. The Hall–Kier alpha value is -2.22. The zero-order valence-corrected chi connectivity index (χ0v) is 16.8. The summed E-state index contributed by atoms with van der Waals surface area (Å²) in [5.41, 5.74) is 0.995. The first-order chi connectivity index (χ1) is 13.6. The summed E-state index contributed by atoms with van der Waals surface area (Å²) in [6.45, 7) is 3.88. The van der Waals surface area contributed by atoms with Gasteiger partial charge in [0, 0.05) is 39.0 Å². The zero-order chi connectivity index (χ0) is 19.3. The monoisotopic (exact) mass is 399 g/mol. The van der Waals surface area contributed by atoms with Crippen LogP contribution in [0.5, 0.6) is 0 Å². The lowest BCUT2D eigenvalue weighted by Gasteiger charge is -2.56. The van der Waals surface area contributed by atoms with E-state index in [-0.39, 0.29) is 23.9 Å². The second-order valence-electron chi connectivity index (χ2n) is 8.26. The van der Waals surface area contributed by atoms with Crippen LogP contribution in [0.4, 0.5) is 5.82 Å². The standard InChI is InChI=1S/C20H25N5O2S/c1-12(26)21-8-17-14-7-13(16-3-2-4-18(27)25(16)17)9-24(10-14)20-19-15(5-6-28-19)22-11-23-20/h5-6,11,13-14,16-17H,2-4,7-10H2,1H3,(H,21,26)/t13-,14+,16+,17+/m1/s1. The number of aromatic nitrogens is 2. The Morgan fingerprint density at radius 1 is 1.32 bits per heavy atom. The van der Waals surface area contributed by atoms with Crippen molar-refractivity contribution in [3.63, 3.8) is 0 Å². The molecule has 8 heteroatoms. The van der Waals surface area contributed by atoms with E-state index >= 15 is 0 Å². The smallest absolute Gasteiger partial charge is 0.223 e. The summed E-state index contributed by atoms with van der Waals surface area (Å²) < 4.78 is 1.14. The normalized spacial score (nSPS) is 29.7. The van der Waals surface area contributed by atoms with Gasteiger partial charge >= 0.3 is 0 Å². The largest absolute Gasteiger partial charge is 0.355 e. The molecule has 0 radical (unpaired) electrons. The fourth-order valence-corrected chi connectivity index (χ4v) is 6.32. The lowest BCUT2D eigenvalue weighted by Crippen LogP contribution is -2.67. The molecule has 0 unspecified atom stereocenters. The maximum absolute atomic E-state index is 12.8. The molecule has 0 aliphatic carbocycles. The molecule has 3 fully saturated rings.